The molecule has 0 unspecified atom stereocenters. The molecule has 0 aliphatic heterocycles. The Morgan fingerprint density at radius 3 is 2.72 bits per heavy atom. The van der Waals surface area contributed by atoms with Crippen molar-refractivity contribution in [2.24, 2.45) is 0 Å². The van der Waals surface area contributed by atoms with Gasteiger partial charge in [-0.1, -0.05) is 17.8 Å². The first-order valence-corrected chi connectivity index (χ1v) is 6.82. The summed E-state index contributed by atoms with van der Waals surface area (Å²) >= 11 is 1.66. The molecule has 0 saturated carbocycles. The molecule has 2 rings (SSSR count). The minimum Gasteiger partial charge on any atom is -0.354 e. The maximum Gasteiger partial charge on any atom is 0.223 e. The van der Waals surface area contributed by atoms with Gasteiger partial charge < -0.3 is 5.32 Å². The number of rotatable bonds is 4. The number of anilines is 1. The van der Waals surface area contributed by atoms with Crippen molar-refractivity contribution in [3.8, 4) is 0 Å². The molecular weight excluding hydrogens is 242 g/mol. The Hall–Kier alpha value is -1.55. The van der Waals surface area contributed by atoms with Crippen molar-refractivity contribution in [1.29, 1.82) is 0 Å². The molecule has 1 aromatic heterocycles. The Kier molecular flexibility index (Phi) is 4.20. The lowest BCUT2D eigenvalue weighted by molar-refractivity contribution is 1.01. The van der Waals surface area contributed by atoms with E-state index < -0.39 is 0 Å². The van der Waals surface area contributed by atoms with Crippen LogP contribution in [0.5, 0.6) is 0 Å². The van der Waals surface area contributed by atoms with E-state index in [1.165, 1.54) is 16.0 Å². The number of aromatic nitrogens is 2. The van der Waals surface area contributed by atoms with E-state index in [9.17, 15) is 0 Å². The summed E-state index contributed by atoms with van der Waals surface area (Å²) < 4.78 is 0. The summed E-state index contributed by atoms with van der Waals surface area (Å²) in [7, 11) is 0. The Morgan fingerprint density at radius 1 is 1.17 bits per heavy atom. The molecule has 0 aliphatic rings. The SMILES string of the molecule is CCNc1nccc(Sc2ccc(C)c(C)c2)n1. The van der Waals surface area contributed by atoms with Gasteiger partial charge in [-0.3, -0.25) is 0 Å². The molecule has 18 heavy (non-hydrogen) atoms. The number of nitrogens with one attached hydrogen (secondary N) is 1. The van der Waals surface area contributed by atoms with E-state index in [0.717, 1.165) is 11.6 Å². The van der Waals surface area contributed by atoms with Gasteiger partial charge in [-0.05, 0) is 50.1 Å². The fraction of sp³-hybridized carbons (Fsp3) is 0.286. The Bertz CT molecular complexity index is 540. The lowest BCUT2D eigenvalue weighted by atomic mass is 10.1. The predicted octanol–water partition coefficient (Wildman–Crippen LogP) is 3.68. The molecular formula is C14H17N3S. The topological polar surface area (TPSA) is 37.8 Å². The Balaban J connectivity index is 2.17. The van der Waals surface area contributed by atoms with Crippen LogP contribution in [0.3, 0.4) is 0 Å². The average Bonchev–Trinajstić information content (AvgIpc) is 2.35. The molecule has 4 heteroatoms. The molecule has 3 nitrogen and oxygen atoms in total. The van der Waals surface area contributed by atoms with Gasteiger partial charge >= 0.3 is 0 Å². The molecule has 0 amide bonds. The Labute approximate surface area is 112 Å². The largest absolute Gasteiger partial charge is 0.354 e. The van der Waals surface area contributed by atoms with Gasteiger partial charge in [0, 0.05) is 17.6 Å². The minimum absolute atomic E-state index is 0.686. The van der Waals surface area contributed by atoms with Crippen molar-refractivity contribution in [3.05, 3.63) is 41.6 Å². The quantitative estimate of drug-likeness (QED) is 0.850. The van der Waals surface area contributed by atoms with Gasteiger partial charge in [0.2, 0.25) is 5.95 Å². The second-order valence-electron chi connectivity index (χ2n) is 4.10. The van der Waals surface area contributed by atoms with E-state index in [0.29, 0.717) is 5.95 Å². The first-order chi connectivity index (χ1) is 8.69. The molecule has 0 aliphatic carbocycles. The van der Waals surface area contributed by atoms with Crippen LogP contribution in [0.25, 0.3) is 0 Å². The lowest BCUT2D eigenvalue weighted by Gasteiger charge is -2.06. The Morgan fingerprint density at radius 2 is 2.00 bits per heavy atom. The molecule has 0 fully saturated rings. The summed E-state index contributed by atoms with van der Waals surface area (Å²) in [4.78, 5) is 9.83. The van der Waals surface area contributed by atoms with Gasteiger partial charge in [0.15, 0.2) is 0 Å². The molecule has 1 aromatic carbocycles. The number of aryl methyl sites for hydroxylation is 2. The zero-order valence-electron chi connectivity index (χ0n) is 10.9. The third-order valence-corrected chi connectivity index (χ3v) is 3.59. The van der Waals surface area contributed by atoms with Crippen LogP contribution in [0.15, 0.2) is 40.4 Å². The zero-order valence-corrected chi connectivity index (χ0v) is 11.7. The van der Waals surface area contributed by atoms with E-state index in [2.05, 4.69) is 47.3 Å². The first kappa shape index (κ1) is 12.9. The summed E-state index contributed by atoms with van der Waals surface area (Å²) in [6.45, 7) is 7.12. The lowest BCUT2D eigenvalue weighted by Crippen LogP contribution is -2.01. The van der Waals surface area contributed by atoms with Gasteiger partial charge in [-0.2, -0.15) is 0 Å². The molecule has 0 radical (unpaired) electrons. The van der Waals surface area contributed by atoms with Crippen molar-refractivity contribution >= 4 is 17.7 Å². The highest BCUT2D eigenvalue weighted by molar-refractivity contribution is 7.99. The fourth-order valence-electron chi connectivity index (χ4n) is 1.54. The average molecular weight is 259 g/mol. The van der Waals surface area contributed by atoms with E-state index in [1.807, 2.05) is 13.0 Å². The smallest absolute Gasteiger partial charge is 0.223 e. The summed E-state index contributed by atoms with van der Waals surface area (Å²) in [5, 5.41) is 4.08. The van der Waals surface area contributed by atoms with Crippen LogP contribution in [0, 0.1) is 13.8 Å². The first-order valence-electron chi connectivity index (χ1n) is 6.01. The maximum absolute atomic E-state index is 4.45. The van der Waals surface area contributed by atoms with Crippen LogP contribution in [0.2, 0.25) is 0 Å². The molecule has 0 saturated heterocycles. The summed E-state index contributed by atoms with van der Waals surface area (Å²) in [5.74, 6) is 0.686. The highest BCUT2D eigenvalue weighted by atomic mass is 32.2. The van der Waals surface area contributed by atoms with Crippen LogP contribution in [-0.4, -0.2) is 16.5 Å². The van der Waals surface area contributed by atoms with E-state index >= 15 is 0 Å². The maximum atomic E-state index is 4.45. The number of nitrogens with zero attached hydrogens (tertiary/aromatic N) is 2. The fourth-order valence-corrected chi connectivity index (χ4v) is 2.41. The zero-order chi connectivity index (χ0) is 13.0. The molecule has 1 heterocycles. The standard InChI is InChI=1S/C14H17N3S/c1-4-15-14-16-8-7-13(17-14)18-12-6-5-10(2)11(3)9-12/h5-9H,4H2,1-3H3,(H,15,16,17). The molecule has 2 aromatic rings. The van der Waals surface area contributed by atoms with E-state index in [4.69, 9.17) is 0 Å². The van der Waals surface area contributed by atoms with Crippen LogP contribution < -0.4 is 5.32 Å². The third kappa shape index (κ3) is 3.23. The predicted molar refractivity (Wildman–Crippen MR) is 76.2 cm³/mol. The van der Waals surface area contributed by atoms with Crippen molar-refractivity contribution in [1.82, 2.24) is 9.97 Å². The molecule has 1 N–H and O–H groups in total. The van der Waals surface area contributed by atoms with Gasteiger partial charge in [0.25, 0.3) is 0 Å². The van der Waals surface area contributed by atoms with Crippen LogP contribution in [-0.2, 0) is 0 Å². The highest BCUT2D eigenvalue weighted by Gasteiger charge is 2.02. The molecule has 0 spiro atoms. The minimum atomic E-state index is 0.686. The van der Waals surface area contributed by atoms with Crippen molar-refractivity contribution in [2.45, 2.75) is 30.7 Å². The summed E-state index contributed by atoms with van der Waals surface area (Å²) in [6, 6.07) is 8.39. The number of hydrogen-bond donors (Lipinski definition) is 1. The summed E-state index contributed by atoms with van der Waals surface area (Å²) in [5.41, 5.74) is 2.62. The number of hydrogen-bond acceptors (Lipinski definition) is 4. The normalized spacial score (nSPS) is 10.4. The molecule has 0 atom stereocenters. The highest BCUT2D eigenvalue weighted by Crippen LogP contribution is 2.27. The van der Waals surface area contributed by atoms with Crippen LogP contribution in [0.1, 0.15) is 18.1 Å². The van der Waals surface area contributed by atoms with Gasteiger partial charge in [0.1, 0.15) is 5.03 Å². The second-order valence-corrected chi connectivity index (χ2v) is 5.19. The van der Waals surface area contributed by atoms with Crippen molar-refractivity contribution in [2.75, 3.05) is 11.9 Å². The van der Waals surface area contributed by atoms with Gasteiger partial charge in [-0.15, -0.1) is 0 Å². The van der Waals surface area contributed by atoms with Gasteiger partial charge in [-0.25, -0.2) is 9.97 Å². The van der Waals surface area contributed by atoms with E-state index in [-0.39, 0.29) is 0 Å². The van der Waals surface area contributed by atoms with Crippen molar-refractivity contribution in [3.63, 3.8) is 0 Å². The summed E-state index contributed by atoms with van der Waals surface area (Å²) in [6.07, 6.45) is 1.79. The van der Waals surface area contributed by atoms with E-state index in [1.54, 1.807) is 18.0 Å². The third-order valence-electron chi connectivity index (χ3n) is 2.67. The monoisotopic (exact) mass is 259 g/mol. The number of benzene rings is 1. The van der Waals surface area contributed by atoms with Gasteiger partial charge in [0.05, 0.1) is 0 Å². The molecule has 94 valence electrons. The van der Waals surface area contributed by atoms with Crippen LogP contribution in [0.4, 0.5) is 5.95 Å². The second kappa shape index (κ2) is 5.87. The van der Waals surface area contributed by atoms with Crippen LogP contribution >= 0.6 is 11.8 Å². The van der Waals surface area contributed by atoms with Crippen molar-refractivity contribution < 1.29 is 0 Å². The molecule has 0 bridgehead atoms.